The molecule has 1 N–H and O–H groups in total. The van der Waals surface area contributed by atoms with Gasteiger partial charge in [0.15, 0.2) is 5.69 Å². The molecule has 0 aliphatic rings. The molecule has 0 atom stereocenters. The second-order valence-corrected chi connectivity index (χ2v) is 5.04. The number of methoxy groups -OCH3 is 1. The number of carbonyl (C=O) groups excluding carboxylic acids is 1. The molecule has 0 fully saturated rings. The first-order valence-electron chi connectivity index (χ1n) is 7.25. The summed E-state index contributed by atoms with van der Waals surface area (Å²) in [5.74, 6) is -0.172. The van der Waals surface area contributed by atoms with Gasteiger partial charge in [0.2, 0.25) is 0 Å². The maximum atomic E-state index is 12.5. The van der Waals surface area contributed by atoms with Gasteiger partial charge < -0.3 is 9.64 Å². The first-order chi connectivity index (χ1) is 10.6. The number of H-pyrrole nitrogens is 1. The van der Waals surface area contributed by atoms with Crippen LogP contribution < -0.4 is 0 Å². The molecular weight excluding hydrogens is 284 g/mol. The van der Waals surface area contributed by atoms with Gasteiger partial charge in [-0.1, -0.05) is 0 Å². The number of nitrogens with one attached hydrogen (secondary N) is 1. The second-order valence-electron chi connectivity index (χ2n) is 5.04. The van der Waals surface area contributed by atoms with E-state index in [0.29, 0.717) is 25.4 Å². The third kappa shape index (κ3) is 3.33. The maximum Gasteiger partial charge on any atom is 0.276 e. The molecule has 2 heterocycles. The molecule has 0 saturated carbocycles. The van der Waals surface area contributed by atoms with Gasteiger partial charge in [0.25, 0.3) is 5.91 Å². The molecule has 2 aromatic rings. The van der Waals surface area contributed by atoms with E-state index in [2.05, 4.69) is 20.5 Å². The van der Waals surface area contributed by atoms with Gasteiger partial charge >= 0.3 is 0 Å². The molecule has 0 radical (unpaired) electrons. The highest BCUT2D eigenvalue weighted by atomic mass is 16.5. The van der Waals surface area contributed by atoms with E-state index < -0.39 is 0 Å². The van der Waals surface area contributed by atoms with Gasteiger partial charge in [-0.25, -0.2) is 0 Å². The zero-order valence-electron chi connectivity index (χ0n) is 13.5. The summed E-state index contributed by atoms with van der Waals surface area (Å²) in [6.45, 7) is 8.26. The summed E-state index contributed by atoms with van der Waals surface area (Å²) >= 11 is 0. The summed E-state index contributed by atoms with van der Waals surface area (Å²) in [5.41, 5.74) is 3.38. The Kier molecular flexibility index (Phi) is 5.26. The van der Waals surface area contributed by atoms with Crippen molar-refractivity contribution in [3.63, 3.8) is 0 Å². The van der Waals surface area contributed by atoms with Crippen molar-refractivity contribution in [3.05, 3.63) is 28.8 Å². The van der Waals surface area contributed by atoms with Gasteiger partial charge in [0.05, 0.1) is 18.5 Å². The molecule has 22 heavy (non-hydrogen) atoms. The quantitative estimate of drug-likeness (QED) is 0.822. The zero-order valence-corrected chi connectivity index (χ0v) is 13.5. The molecule has 0 aromatic carbocycles. The molecule has 120 valence electrons. The van der Waals surface area contributed by atoms with E-state index >= 15 is 0 Å². The Labute approximate surface area is 129 Å². The minimum absolute atomic E-state index is 0.172. The lowest BCUT2D eigenvalue weighted by molar-refractivity contribution is 0.0674. The Bertz CT molecular complexity index is 620. The molecule has 2 rings (SSSR count). The Morgan fingerprint density at radius 1 is 1.45 bits per heavy atom. The Hall–Kier alpha value is -2.22. The van der Waals surface area contributed by atoms with Gasteiger partial charge in [-0.15, -0.1) is 0 Å². The summed E-state index contributed by atoms with van der Waals surface area (Å²) in [5, 5.41) is 14.5. The molecule has 0 aliphatic carbocycles. The molecule has 1 amide bonds. The van der Waals surface area contributed by atoms with Crippen LogP contribution >= 0.6 is 0 Å². The highest BCUT2D eigenvalue weighted by Crippen LogP contribution is 2.16. The van der Waals surface area contributed by atoms with Crippen molar-refractivity contribution >= 4 is 5.91 Å². The second kappa shape index (κ2) is 7.17. The monoisotopic (exact) mass is 306 g/mol. The average Bonchev–Trinajstić information content (AvgIpc) is 3.13. The lowest BCUT2D eigenvalue weighted by atomic mass is 10.1. The van der Waals surface area contributed by atoms with Crippen LogP contribution in [-0.4, -0.2) is 56.3 Å². The normalized spacial score (nSPS) is 10.9. The Balaban J connectivity index is 2.23. The van der Waals surface area contributed by atoms with Gasteiger partial charge in [-0.05, 0) is 20.8 Å². The van der Waals surface area contributed by atoms with Gasteiger partial charge in [0, 0.05) is 38.0 Å². The van der Waals surface area contributed by atoms with Crippen molar-refractivity contribution in [3.8, 4) is 0 Å². The lowest BCUT2D eigenvalue weighted by Crippen LogP contribution is -2.34. The minimum atomic E-state index is -0.172. The van der Waals surface area contributed by atoms with E-state index in [0.717, 1.165) is 23.5 Å². The van der Waals surface area contributed by atoms with Crippen molar-refractivity contribution in [1.82, 2.24) is 30.1 Å². The molecule has 0 saturated heterocycles. The van der Waals surface area contributed by atoms with E-state index in [9.17, 15) is 4.79 Å². The molecular formula is C14H22N6O2. The number of ether oxygens (including phenoxy) is 1. The number of hydrogen-bond acceptors (Lipinski definition) is 5. The highest BCUT2D eigenvalue weighted by molar-refractivity contribution is 5.91. The third-order valence-electron chi connectivity index (χ3n) is 3.67. The summed E-state index contributed by atoms with van der Waals surface area (Å²) in [4.78, 5) is 14.2. The van der Waals surface area contributed by atoms with Crippen LogP contribution in [0.4, 0.5) is 0 Å². The summed E-state index contributed by atoms with van der Waals surface area (Å²) in [6.07, 6.45) is 1.43. The maximum absolute atomic E-state index is 12.5. The molecule has 0 unspecified atom stereocenters. The molecule has 2 aromatic heterocycles. The molecule has 0 bridgehead atoms. The van der Waals surface area contributed by atoms with Crippen LogP contribution in [0, 0.1) is 13.8 Å². The zero-order chi connectivity index (χ0) is 16.1. The number of carbonyl (C=O) groups is 1. The summed E-state index contributed by atoms with van der Waals surface area (Å²) in [7, 11) is 1.62. The van der Waals surface area contributed by atoms with Gasteiger partial charge in [-0.2, -0.15) is 20.5 Å². The van der Waals surface area contributed by atoms with E-state index in [4.69, 9.17) is 4.74 Å². The topological polar surface area (TPSA) is 88.9 Å². The number of hydrogen-bond donors (Lipinski definition) is 1. The van der Waals surface area contributed by atoms with Crippen molar-refractivity contribution in [2.75, 3.05) is 20.3 Å². The smallest absolute Gasteiger partial charge is 0.276 e. The van der Waals surface area contributed by atoms with Crippen LogP contribution in [0.1, 0.15) is 34.4 Å². The highest BCUT2D eigenvalue weighted by Gasteiger charge is 2.21. The molecule has 8 nitrogen and oxygen atoms in total. The number of rotatable bonds is 7. The third-order valence-corrected chi connectivity index (χ3v) is 3.67. The number of aromatic nitrogens is 5. The predicted octanol–water partition coefficient (Wildman–Crippen LogP) is 0.927. The van der Waals surface area contributed by atoms with Crippen molar-refractivity contribution < 1.29 is 9.53 Å². The van der Waals surface area contributed by atoms with Crippen molar-refractivity contribution in [2.24, 2.45) is 0 Å². The molecule has 0 spiro atoms. The van der Waals surface area contributed by atoms with Crippen LogP contribution in [0.15, 0.2) is 6.20 Å². The van der Waals surface area contributed by atoms with Crippen molar-refractivity contribution in [1.29, 1.82) is 0 Å². The van der Waals surface area contributed by atoms with Crippen LogP contribution in [0.5, 0.6) is 0 Å². The Morgan fingerprint density at radius 2 is 2.23 bits per heavy atom. The van der Waals surface area contributed by atoms with Crippen LogP contribution in [0.25, 0.3) is 0 Å². The molecule has 0 aliphatic heterocycles. The number of aryl methyl sites for hydroxylation is 2. The van der Waals surface area contributed by atoms with E-state index in [1.165, 1.54) is 6.20 Å². The van der Waals surface area contributed by atoms with E-state index in [1.54, 1.807) is 12.0 Å². The van der Waals surface area contributed by atoms with Crippen LogP contribution in [-0.2, 0) is 17.8 Å². The van der Waals surface area contributed by atoms with Crippen molar-refractivity contribution in [2.45, 2.75) is 33.9 Å². The first-order valence-corrected chi connectivity index (χ1v) is 7.25. The minimum Gasteiger partial charge on any atom is -0.383 e. The number of aromatic amines is 1. The average molecular weight is 306 g/mol. The van der Waals surface area contributed by atoms with E-state index in [-0.39, 0.29) is 5.91 Å². The van der Waals surface area contributed by atoms with Crippen LogP contribution in [0.2, 0.25) is 0 Å². The number of amides is 1. The van der Waals surface area contributed by atoms with Gasteiger partial charge in [0.1, 0.15) is 0 Å². The lowest BCUT2D eigenvalue weighted by Gasteiger charge is -2.21. The fourth-order valence-corrected chi connectivity index (χ4v) is 2.38. The van der Waals surface area contributed by atoms with Crippen LogP contribution in [0.3, 0.4) is 0 Å². The summed E-state index contributed by atoms with van der Waals surface area (Å²) < 4.78 is 7.05. The van der Waals surface area contributed by atoms with Gasteiger partial charge in [-0.3, -0.25) is 9.48 Å². The fraction of sp³-hybridized carbons (Fsp3) is 0.571. The van der Waals surface area contributed by atoms with E-state index in [1.807, 2.05) is 25.5 Å². The first kappa shape index (κ1) is 16.2. The SMILES string of the molecule is CCn1nc(C)c(CN(CCOC)C(=O)c2cn[nH]n2)c1C. The largest absolute Gasteiger partial charge is 0.383 e. The predicted molar refractivity (Wildman–Crippen MR) is 80.4 cm³/mol. The molecule has 8 heteroatoms. The Morgan fingerprint density at radius 3 is 2.77 bits per heavy atom. The fourth-order valence-electron chi connectivity index (χ4n) is 2.38. The summed E-state index contributed by atoms with van der Waals surface area (Å²) in [6, 6.07) is 0. The standard InChI is InChI=1S/C14H22N6O2/c1-5-20-11(3)12(10(2)17-20)9-19(6-7-22-4)14(21)13-8-15-18-16-13/h8H,5-7,9H2,1-4H3,(H,15,16,18). The number of nitrogens with zero attached hydrogens (tertiary/aromatic N) is 5.